The van der Waals surface area contributed by atoms with Crippen LogP contribution in [0.25, 0.3) is 0 Å². The Labute approximate surface area is 105 Å². The molecule has 17 heavy (non-hydrogen) atoms. The molecule has 1 aliphatic carbocycles. The van der Waals surface area contributed by atoms with Crippen LogP contribution in [0.1, 0.15) is 38.5 Å². The van der Waals surface area contributed by atoms with Crippen molar-refractivity contribution in [1.82, 2.24) is 10.2 Å². The molecule has 3 nitrogen and oxygen atoms in total. The molecule has 1 N–H and O–H groups in total. The Hall–Kier alpha value is -0.120. The van der Waals surface area contributed by atoms with Gasteiger partial charge < -0.3 is 15.0 Å². The third-order valence-corrected chi connectivity index (χ3v) is 4.79. The van der Waals surface area contributed by atoms with E-state index < -0.39 is 0 Å². The van der Waals surface area contributed by atoms with Crippen molar-refractivity contribution in [2.75, 3.05) is 39.3 Å². The van der Waals surface area contributed by atoms with Crippen molar-refractivity contribution in [3.63, 3.8) is 0 Å². The van der Waals surface area contributed by atoms with Gasteiger partial charge in [-0.3, -0.25) is 0 Å². The van der Waals surface area contributed by atoms with Gasteiger partial charge in [0.1, 0.15) is 0 Å². The van der Waals surface area contributed by atoms with Crippen LogP contribution in [0.3, 0.4) is 0 Å². The average molecular weight is 238 g/mol. The fourth-order valence-electron chi connectivity index (χ4n) is 3.55. The highest BCUT2D eigenvalue weighted by Gasteiger charge is 2.46. The largest absolute Gasteiger partial charge is 0.378 e. The quantitative estimate of drug-likeness (QED) is 0.737. The van der Waals surface area contributed by atoms with Crippen LogP contribution in [-0.2, 0) is 4.74 Å². The molecule has 0 atom stereocenters. The van der Waals surface area contributed by atoms with Crippen molar-refractivity contribution in [2.45, 2.75) is 44.6 Å². The van der Waals surface area contributed by atoms with Crippen molar-refractivity contribution < 1.29 is 4.74 Å². The number of ether oxygens (including phenoxy) is 1. The Bertz CT molecular complexity index is 239. The van der Waals surface area contributed by atoms with Gasteiger partial charge in [-0.15, -0.1) is 0 Å². The molecule has 0 amide bonds. The summed E-state index contributed by atoms with van der Waals surface area (Å²) in [7, 11) is 0. The van der Waals surface area contributed by atoms with Crippen molar-refractivity contribution >= 4 is 0 Å². The van der Waals surface area contributed by atoms with E-state index in [4.69, 9.17) is 4.74 Å². The second-order valence-corrected chi connectivity index (χ2v) is 6.24. The molecule has 2 saturated heterocycles. The molecule has 1 saturated carbocycles. The van der Waals surface area contributed by atoms with Crippen molar-refractivity contribution in [3.8, 4) is 0 Å². The fraction of sp³-hybridized carbons (Fsp3) is 1.00. The van der Waals surface area contributed by atoms with E-state index in [0.717, 1.165) is 25.1 Å². The molecule has 0 bridgehead atoms. The van der Waals surface area contributed by atoms with E-state index in [9.17, 15) is 0 Å². The van der Waals surface area contributed by atoms with Crippen molar-refractivity contribution in [1.29, 1.82) is 0 Å². The lowest BCUT2D eigenvalue weighted by Gasteiger charge is -2.56. The smallest absolute Gasteiger partial charge is 0.0599 e. The molecule has 3 aliphatic rings. The molecule has 3 fully saturated rings. The lowest BCUT2D eigenvalue weighted by Crippen LogP contribution is -2.59. The molecule has 0 unspecified atom stereocenters. The Kier molecular flexibility index (Phi) is 3.69. The van der Waals surface area contributed by atoms with Gasteiger partial charge in [-0.05, 0) is 50.6 Å². The summed E-state index contributed by atoms with van der Waals surface area (Å²) in [6.45, 7) is 7.25. The van der Waals surface area contributed by atoms with E-state index in [-0.39, 0.29) is 0 Å². The highest BCUT2D eigenvalue weighted by Crippen LogP contribution is 2.47. The number of rotatable bonds is 5. The first-order valence-corrected chi connectivity index (χ1v) is 7.41. The summed E-state index contributed by atoms with van der Waals surface area (Å²) in [6, 6.07) is 0. The maximum Gasteiger partial charge on any atom is 0.0599 e. The zero-order valence-electron chi connectivity index (χ0n) is 10.9. The molecule has 3 rings (SSSR count). The van der Waals surface area contributed by atoms with Crippen LogP contribution in [0.4, 0.5) is 0 Å². The van der Waals surface area contributed by atoms with Crippen LogP contribution in [0, 0.1) is 5.41 Å². The Morgan fingerprint density at radius 1 is 1.18 bits per heavy atom. The Morgan fingerprint density at radius 3 is 2.59 bits per heavy atom. The normalized spacial score (nSPS) is 28.9. The van der Waals surface area contributed by atoms with Crippen LogP contribution >= 0.6 is 0 Å². The summed E-state index contributed by atoms with van der Waals surface area (Å²) in [5, 5.41) is 3.38. The number of nitrogens with one attached hydrogen (secondary N) is 1. The van der Waals surface area contributed by atoms with Gasteiger partial charge in [-0.25, -0.2) is 0 Å². The van der Waals surface area contributed by atoms with Crippen molar-refractivity contribution in [2.24, 2.45) is 5.41 Å². The number of hydrogen-bond acceptors (Lipinski definition) is 3. The molecular formula is C14H26N2O. The third kappa shape index (κ3) is 2.83. The van der Waals surface area contributed by atoms with Gasteiger partial charge in [0.15, 0.2) is 0 Å². The van der Waals surface area contributed by atoms with E-state index in [1.165, 1.54) is 58.2 Å². The fourth-order valence-corrected chi connectivity index (χ4v) is 3.55. The first kappa shape index (κ1) is 11.9. The summed E-state index contributed by atoms with van der Waals surface area (Å²) in [5.41, 5.74) is 0.788. The van der Waals surface area contributed by atoms with E-state index in [2.05, 4.69) is 10.2 Å². The van der Waals surface area contributed by atoms with Crippen molar-refractivity contribution in [3.05, 3.63) is 0 Å². The van der Waals surface area contributed by atoms with Crippen LogP contribution in [0.5, 0.6) is 0 Å². The molecule has 1 spiro atoms. The number of hydrogen-bond donors (Lipinski definition) is 1. The molecule has 0 radical (unpaired) electrons. The second-order valence-electron chi connectivity index (χ2n) is 6.24. The minimum atomic E-state index is 0.533. The van der Waals surface area contributed by atoms with Gasteiger partial charge in [0.25, 0.3) is 0 Å². The summed E-state index contributed by atoms with van der Waals surface area (Å²) >= 11 is 0. The minimum Gasteiger partial charge on any atom is -0.378 e. The zero-order valence-corrected chi connectivity index (χ0v) is 10.9. The number of piperidine rings is 1. The van der Waals surface area contributed by atoms with Crippen LogP contribution in [0.2, 0.25) is 0 Å². The van der Waals surface area contributed by atoms with E-state index in [1.54, 1.807) is 0 Å². The monoisotopic (exact) mass is 238 g/mol. The maximum atomic E-state index is 5.93. The predicted octanol–water partition coefficient (Wildman–Crippen LogP) is 1.63. The lowest BCUT2D eigenvalue weighted by atomic mass is 9.63. The van der Waals surface area contributed by atoms with Gasteiger partial charge in [-0.2, -0.15) is 0 Å². The molecule has 2 aliphatic heterocycles. The topological polar surface area (TPSA) is 24.5 Å². The summed E-state index contributed by atoms with van der Waals surface area (Å²) in [6.07, 6.45) is 8.63. The van der Waals surface area contributed by atoms with E-state index in [1.807, 2.05) is 0 Å². The molecule has 98 valence electrons. The van der Waals surface area contributed by atoms with E-state index in [0.29, 0.717) is 6.10 Å². The van der Waals surface area contributed by atoms with Crippen LogP contribution in [0.15, 0.2) is 0 Å². The predicted molar refractivity (Wildman–Crippen MR) is 69.2 cm³/mol. The highest BCUT2D eigenvalue weighted by molar-refractivity contribution is 5.00. The average Bonchev–Trinajstić information content (AvgIpc) is 2.25. The number of nitrogens with zero attached hydrogens (tertiary/aromatic N) is 1. The van der Waals surface area contributed by atoms with Gasteiger partial charge >= 0.3 is 0 Å². The molecule has 0 aromatic heterocycles. The molecule has 0 aromatic carbocycles. The Balaban J connectivity index is 1.21. The van der Waals surface area contributed by atoms with Gasteiger partial charge in [-0.1, -0.05) is 6.42 Å². The lowest BCUT2D eigenvalue weighted by molar-refractivity contribution is -0.0647. The summed E-state index contributed by atoms with van der Waals surface area (Å²) < 4.78 is 5.93. The van der Waals surface area contributed by atoms with Gasteiger partial charge in [0, 0.05) is 26.2 Å². The van der Waals surface area contributed by atoms with Crippen LogP contribution < -0.4 is 5.32 Å². The van der Waals surface area contributed by atoms with Crippen LogP contribution in [-0.4, -0.2) is 50.3 Å². The minimum absolute atomic E-state index is 0.533. The first-order valence-electron chi connectivity index (χ1n) is 7.41. The first-order chi connectivity index (χ1) is 8.36. The van der Waals surface area contributed by atoms with E-state index >= 15 is 0 Å². The zero-order chi connectivity index (χ0) is 11.6. The standard InChI is InChI=1S/C14H26N2O/c1-5-14(6-1)11-16(12-14)9-2-10-17-13-3-7-15-8-4-13/h13,15H,1-12H2. The molecule has 2 heterocycles. The number of likely N-dealkylation sites (tertiary alicyclic amines) is 1. The maximum absolute atomic E-state index is 5.93. The molecular weight excluding hydrogens is 212 g/mol. The molecule has 3 heteroatoms. The second kappa shape index (κ2) is 5.25. The Morgan fingerprint density at radius 2 is 1.94 bits per heavy atom. The van der Waals surface area contributed by atoms with Gasteiger partial charge in [0.2, 0.25) is 0 Å². The third-order valence-electron chi connectivity index (χ3n) is 4.79. The van der Waals surface area contributed by atoms with Gasteiger partial charge in [0.05, 0.1) is 6.10 Å². The highest BCUT2D eigenvalue weighted by atomic mass is 16.5. The summed E-state index contributed by atoms with van der Waals surface area (Å²) in [5.74, 6) is 0. The molecule has 0 aromatic rings. The summed E-state index contributed by atoms with van der Waals surface area (Å²) in [4.78, 5) is 2.62. The SMILES string of the molecule is C(COC1CCNCC1)CN1CC2(CCC2)C1.